The van der Waals surface area contributed by atoms with Crippen molar-refractivity contribution in [3.05, 3.63) is 35.4 Å². The van der Waals surface area contributed by atoms with E-state index in [1.807, 2.05) is 13.8 Å². The van der Waals surface area contributed by atoms with Gasteiger partial charge in [-0.1, -0.05) is 38.1 Å². The lowest BCUT2D eigenvalue weighted by atomic mass is 9.79. The first-order valence-electron chi connectivity index (χ1n) is 6.91. The molecular formula is C16H20O2. The minimum absolute atomic E-state index is 0.00245. The van der Waals surface area contributed by atoms with E-state index in [4.69, 9.17) is 4.74 Å². The summed E-state index contributed by atoms with van der Waals surface area (Å²) in [4.78, 5) is 11.9. The third-order valence-electron chi connectivity index (χ3n) is 4.38. The van der Waals surface area contributed by atoms with Crippen LogP contribution in [0.2, 0.25) is 0 Å². The zero-order valence-electron chi connectivity index (χ0n) is 11.1. The van der Waals surface area contributed by atoms with E-state index in [0.29, 0.717) is 0 Å². The van der Waals surface area contributed by atoms with Gasteiger partial charge in [-0.15, -0.1) is 0 Å². The standard InChI is InChI=1S/C16H20O2/c1-11(2)15(17)18-14-13-6-4-3-5-12(13)7-8-16(14)9-10-16/h3-6,11,14H,7-10H2,1-2H3. The van der Waals surface area contributed by atoms with Gasteiger partial charge in [0.2, 0.25) is 0 Å². The highest BCUT2D eigenvalue weighted by Gasteiger charge is 2.54. The Balaban J connectivity index is 1.92. The quantitative estimate of drug-likeness (QED) is 0.742. The van der Waals surface area contributed by atoms with Crippen molar-refractivity contribution >= 4 is 5.97 Å². The summed E-state index contributed by atoms with van der Waals surface area (Å²) < 4.78 is 5.82. The van der Waals surface area contributed by atoms with Gasteiger partial charge >= 0.3 is 5.97 Å². The molecule has 18 heavy (non-hydrogen) atoms. The van der Waals surface area contributed by atoms with Gasteiger partial charge in [-0.3, -0.25) is 4.79 Å². The number of aryl methyl sites for hydroxylation is 1. The Labute approximate surface area is 108 Å². The number of fused-ring (bicyclic) bond motifs is 1. The number of carbonyl (C=O) groups excluding carboxylic acids is 1. The van der Waals surface area contributed by atoms with Crippen LogP contribution in [0.4, 0.5) is 0 Å². The number of rotatable bonds is 2. The van der Waals surface area contributed by atoms with Gasteiger partial charge in [0.15, 0.2) is 0 Å². The smallest absolute Gasteiger partial charge is 0.308 e. The molecule has 0 aromatic heterocycles. The number of hydrogen-bond acceptors (Lipinski definition) is 2. The third-order valence-corrected chi connectivity index (χ3v) is 4.38. The van der Waals surface area contributed by atoms with Gasteiger partial charge < -0.3 is 4.74 Å². The summed E-state index contributed by atoms with van der Waals surface area (Å²) in [5, 5.41) is 0. The van der Waals surface area contributed by atoms with Crippen LogP contribution in [0.3, 0.4) is 0 Å². The SMILES string of the molecule is CC(C)C(=O)OC1c2ccccc2CCC12CC2. The highest BCUT2D eigenvalue weighted by molar-refractivity contribution is 5.72. The fraction of sp³-hybridized carbons (Fsp3) is 0.562. The Kier molecular flexibility index (Phi) is 2.69. The molecule has 0 N–H and O–H groups in total. The van der Waals surface area contributed by atoms with Crippen LogP contribution >= 0.6 is 0 Å². The van der Waals surface area contributed by atoms with E-state index in [9.17, 15) is 4.79 Å². The van der Waals surface area contributed by atoms with Crippen molar-refractivity contribution in [2.75, 3.05) is 0 Å². The Morgan fingerprint density at radius 1 is 1.28 bits per heavy atom. The predicted molar refractivity (Wildman–Crippen MR) is 70.1 cm³/mol. The Morgan fingerprint density at radius 3 is 2.67 bits per heavy atom. The number of esters is 1. The minimum atomic E-state index is -0.0667. The minimum Gasteiger partial charge on any atom is -0.457 e. The van der Waals surface area contributed by atoms with E-state index in [1.165, 1.54) is 30.4 Å². The van der Waals surface area contributed by atoms with Crippen LogP contribution in [0.5, 0.6) is 0 Å². The van der Waals surface area contributed by atoms with Crippen LogP contribution in [0.15, 0.2) is 24.3 Å². The van der Waals surface area contributed by atoms with Crippen molar-refractivity contribution in [1.82, 2.24) is 0 Å². The maximum atomic E-state index is 11.9. The molecule has 0 heterocycles. The van der Waals surface area contributed by atoms with Crippen LogP contribution in [0.25, 0.3) is 0 Å². The molecule has 96 valence electrons. The van der Waals surface area contributed by atoms with Crippen molar-refractivity contribution in [3.63, 3.8) is 0 Å². The average molecular weight is 244 g/mol. The van der Waals surface area contributed by atoms with E-state index < -0.39 is 0 Å². The average Bonchev–Trinajstić information content (AvgIpc) is 3.13. The number of ether oxygens (including phenoxy) is 1. The van der Waals surface area contributed by atoms with Crippen LogP contribution in [0, 0.1) is 11.3 Å². The van der Waals surface area contributed by atoms with Crippen molar-refractivity contribution in [2.45, 2.75) is 45.6 Å². The molecule has 1 aromatic rings. The summed E-state index contributed by atoms with van der Waals surface area (Å²) in [6.45, 7) is 3.80. The van der Waals surface area contributed by atoms with Gasteiger partial charge in [-0.25, -0.2) is 0 Å². The van der Waals surface area contributed by atoms with Gasteiger partial charge in [-0.2, -0.15) is 0 Å². The molecule has 1 spiro atoms. The molecule has 2 aliphatic carbocycles. The molecular weight excluding hydrogens is 224 g/mol. The molecule has 1 atom stereocenters. The topological polar surface area (TPSA) is 26.3 Å². The highest BCUT2D eigenvalue weighted by Crippen LogP contribution is 2.62. The van der Waals surface area contributed by atoms with Crippen LogP contribution in [-0.2, 0) is 16.0 Å². The van der Waals surface area contributed by atoms with Crippen molar-refractivity contribution in [3.8, 4) is 0 Å². The van der Waals surface area contributed by atoms with E-state index in [1.54, 1.807) is 0 Å². The van der Waals surface area contributed by atoms with Gasteiger partial charge in [0.05, 0.1) is 5.92 Å². The fourth-order valence-electron chi connectivity index (χ4n) is 2.98. The fourth-order valence-corrected chi connectivity index (χ4v) is 2.98. The molecule has 0 amide bonds. The first-order chi connectivity index (χ1) is 8.62. The second-order valence-corrected chi connectivity index (χ2v) is 6.03. The predicted octanol–water partition coefficient (Wildman–Crippen LogP) is 3.65. The first-order valence-corrected chi connectivity index (χ1v) is 6.91. The summed E-state index contributed by atoms with van der Waals surface area (Å²) >= 11 is 0. The van der Waals surface area contributed by atoms with Gasteiger partial charge in [0.1, 0.15) is 6.10 Å². The van der Waals surface area contributed by atoms with Gasteiger partial charge in [-0.05, 0) is 36.8 Å². The number of carbonyl (C=O) groups is 1. The number of benzene rings is 1. The highest BCUT2D eigenvalue weighted by atomic mass is 16.5. The molecule has 1 fully saturated rings. The second-order valence-electron chi connectivity index (χ2n) is 6.03. The molecule has 1 saturated carbocycles. The third kappa shape index (κ3) is 1.84. The molecule has 0 aliphatic heterocycles. The Morgan fingerprint density at radius 2 is 2.00 bits per heavy atom. The van der Waals surface area contributed by atoms with E-state index in [2.05, 4.69) is 24.3 Å². The van der Waals surface area contributed by atoms with Crippen molar-refractivity contribution in [1.29, 1.82) is 0 Å². The van der Waals surface area contributed by atoms with Crippen LogP contribution in [0.1, 0.15) is 50.3 Å². The second kappa shape index (κ2) is 4.11. The monoisotopic (exact) mass is 244 g/mol. The van der Waals surface area contributed by atoms with Crippen LogP contribution < -0.4 is 0 Å². The lowest BCUT2D eigenvalue weighted by molar-refractivity contribution is -0.158. The summed E-state index contributed by atoms with van der Waals surface area (Å²) in [6, 6.07) is 8.43. The lowest BCUT2D eigenvalue weighted by Gasteiger charge is -2.33. The van der Waals surface area contributed by atoms with Crippen molar-refractivity contribution in [2.24, 2.45) is 11.3 Å². The maximum absolute atomic E-state index is 11.9. The van der Waals surface area contributed by atoms with Crippen molar-refractivity contribution < 1.29 is 9.53 Å². The zero-order valence-corrected chi connectivity index (χ0v) is 11.1. The zero-order chi connectivity index (χ0) is 12.8. The van der Waals surface area contributed by atoms with E-state index >= 15 is 0 Å². The van der Waals surface area contributed by atoms with E-state index in [-0.39, 0.29) is 23.4 Å². The molecule has 0 saturated heterocycles. The molecule has 0 radical (unpaired) electrons. The molecule has 3 rings (SSSR count). The Bertz CT molecular complexity index is 472. The first kappa shape index (κ1) is 11.8. The molecule has 1 unspecified atom stereocenters. The summed E-state index contributed by atoms with van der Waals surface area (Å²) in [7, 11) is 0. The molecule has 0 bridgehead atoms. The van der Waals surface area contributed by atoms with Crippen LogP contribution in [-0.4, -0.2) is 5.97 Å². The van der Waals surface area contributed by atoms with Gasteiger partial charge in [0.25, 0.3) is 0 Å². The molecule has 2 nitrogen and oxygen atoms in total. The van der Waals surface area contributed by atoms with Gasteiger partial charge in [0, 0.05) is 5.41 Å². The molecule has 1 aromatic carbocycles. The largest absolute Gasteiger partial charge is 0.457 e. The normalized spacial score (nSPS) is 23.8. The maximum Gasteiger partial charge on any atom is 0.308 e. The summed E-state index contributed by atoms with van der Waals surface area (Å²) in [5.41, 5.74) is 2.87. The molecule has 2 aliphatic rings. The summed E-state index contributed by atoms with van der Waals surface area (Å²) in [5.74, 6) is -0.113. The number of hydrogen-bond donors (Lipinski definition) is 0. The summed E-state index contributed by atoms with van der Waals surface area (Å²) in [6.07, 6.45) is 4.71. The Hall–Kier alpha value is -1.31. The lowest BCUT2D eigenvalue weighted by Crippen LogP contribution is -2.28. The van der Waals surface area contributed by atoms with E-state index in [0.717, 1.165) is 6.42 Å². The molecule has 2 heteroatoms.